The summed E-state index contributed by atoms with van der Waals surface area (Å²) in [4.78, 5) is 9.59. The summed E-state index contributed by atoms with van der Waals surface area (Å²) in [6, 6.07) is 0. The van der Waals surface area contributed by atoms with Crippen LogP contribution in [0.5, 0.6) is 0 Å². The third kappa shape index (κ3) is 7.28. The van der Waals surface area contributed by atoms with E-state index in [2.05, 4.69) is 53.1 Å². The van der Waals surface area contributed by atoms with Crippen LogP contribution in [0.2, 0.25) is 0 Å². The molecule has 0 saturated carbocycles. The standard InChI is InChI=1S/C13H31N5/c1-15(2)7-5-8-18-12-14-6-9-17(13-18)11-10-16(3)4/h14H,5-13H2,1-4H3. The molecular formula is C13H31N5. The van der Waals surface area contributed by atoms with Gasteiger partial charge in [0, 0.05) is 39.4 Å². The molecular weight excluding hydrogens is 226 g/mol. The molecule has 1 N–H and O–H groups in total. The van der Waals surface area contributed by atoms with Crippen LogP contribution in [0, 0.1) is 0 Å². The molecule has 1 aliphatic heterocycles. The van der Waals surface area contributed by atoms with E-state index in [0.717, 1.165) is 33.0 Å². The van der Waals surface area contributed by atoms with Gasteiger partial charge in [0.15, 0.2) is 0 Å². The van der Waals surface area contributed by atoms with Gasteiger partial charge in [0.1, 0.15) is 0 Å². The van der Waals surface area contributed by atoms with Gasteiger partial charge < -0.3 is 15.1 Å². The predicted octanol–water partition coefficient (Wildman–Crippen LogP) is -0.378. The molecule has 1 rings (SSSR count). The molecule has 1 fully saturated rings. The van der Waals surface area contributed by atoms with Gasteiger partial charge in [0.05, 0.1) is 6.67 Å². The Morgan fingerprint density at radius 2 is 1.67 bits per heavy atom. The number of hydrogen-bond acceptors (Lipinski definition) is 5. The zero-order chi connectivity index (χ0) is 13.4. The summed E-state index contributed by atoms with van der Waals surface area (Å²) in [5.74, 6) is 0. The molecule has 1 heterocycles. The fraction of sp³-hybridized carbons (Fsp3) is 1.00. The van der Waals surface area contributed by atoms with Crippen molar-refractivity contribution in [1.82, 2.24) is 24.9 Å². The molecule has 5 heteroatoms. The Morgan fingerprint density at radius 1 is 0.944 bits per heavy atom. The number of rotatable bonds is 7. The lowest BCUT2D eigenvalue weighted by Crippen LogP contribution is -2.41. The Hall–Kier alpha value is -0.200. The summed E-state index contributed by atoms with van der Waals surface area (Å²) in [5, 5.41) is 3.51. The quantitative estimate of drug-likeness (QED) is 0.671. The van der Waals surface area contributed by atoms with Crippen LogP contribution in [0.1, 0.15) is 6.42 Å². The van der Waals surface area contributed by atoms with E-state index >= 15 is 0 Å². The van der Waals surface area contributed by atoms with Crippen molar-refractivity contribution >= 4 is 0 Å². The molecule has 0 radical (unpaired) electrons. The lowest BCUT2D eigenvalue weighted by atomic mass is 10.4. The van der Waals surface area contributed by atoms with Gasteiger partial charge in [-0.1, -0.05) is 0 Å². The van der Waals surface area contributed by atoms with Crippen LogP contribution < -0.4 is 5.32 Å². The summed E-state index contributed by atoms with van der Waals surface area (Å²) < 4.78 is 0. The molecule has 0 bridgehead atoms. The van der Waals surface area contributed by atoms with Crippen LogP contribution in [0.25, 0.3) is 0 Å². The van der Waals surface area contributed by atoms with Crippen molar-refractivity contribution in [3.63, 3.8) is 0 Å². The van der Waals surface area contributed by atoms with Crippen LogP contribution in [-0.4, -0.2) is 100 Å². The molecule has 0 spiro atoms. The molecule has 5 nitrogen and oxygen atoms in total. The second-order valence-electron chi connectivity index (χ2n) is 5.77. The van der Waals surface area contributed by atoms with E-state index in [1.807, 2.05) is 0 Å². The molecule has 0 amide bonds. The van der Waals surface area contributed by atoms with Crippen LogP contribution in [0.4, 0.5) is 0 Å². The van der Waals surface area contributed by atoms with Gasteiger partial charge in [0.25, 0.3) is 0 Å². The van der Waals surface area contributed by atoms with Crippen molar-refractivity contribution < 1.29 is 0 Å². The zero-order valence-corrected chi connectivity index (χ0v) is 12.7. The molecule has 18 heavy (non-hydrogen) atoms. The average Bonchev–Trinajstić information content (AvgIpc) is 2.51. The maximum atomic E-state index is 3.51. The second kappa shape index (κ2) is 8.82. The summed E-state index contributed by atoms with van der Waals surface area (Å²) in [6.45, 7) is 9.08. The smallest absolute Gasteiger partial charge is 0.0519 e. The Kier molecular flexibility index (Phi) is 7.77. The van der Waals surface area contributed by atoms with Gasteiger partial charge in [0.2, 0.25) is 0 Å². The first-order chi connectivity index (χ1) is 8.58. The van der Waals surface area contributed by atoms with Crippen LogP contribution in [0.15, 0.2) is 0 Å². The highest BCUT2D eigenvalue weighted by atomic mass is 15.4. The molecule has 0 atom stereocenters. The van der Waals surface area contributed by atoms with E-state index < -0.39 is 0 Å². The summed E-state index contributed by atoms with van der Waals surface area (Å²) in [5.41, 5.74) is 0. The highest BCUT2D eigenvalue weighted by Gasteiger charge is 2.14. The maximum Gasteiger partial charge on any atom is 0.0519 e. The summed E-state index contributed by atoms with van der Waals surface area (Å²) in [7, 11) is 8.57. The second-order valence-corrected chi connectivity index (χ2v) is 5.77. The predicted molar refractivity (Wildman–Crippen MR) is 77.7 cm³/mol. The van der Waals surface area contributed by atoms with Gasteiger partial charge in [-0.25, -0.2) is 0 Å². The van der Waals surface area contributed by atoms with Crippen molar-refractivity contribution in [1.29, 1.82) is 0 Å². The van der Waals surface area contributed by atoms with E-state index in [0.29, 0.717) is 0 Å². The molecule has 0 aromatic heterocycles. The third-order valence-corrected chi connectivity index (χ3v) is 3.28. The third-order valence-electron chi connectivity index (χ3n) is 3.28. The van der Waals surface area contributed by atoms with Crippen molar-refractivity contribution in [2.24, 2.45) is 0 Å². The maximum absolute atomic E-state index is 3.51. The highest BCUT2D eigenvalue weighted by molar-refractivity contribution is 4.68. The molecule has 1 saturated heterocycles. The van der Waals surface area contributed by atoms with Gasteiger partial charge in [-0.2, -0.15) is 0 Å². The van der Waals surface area contributed by atoms with Crippen LogP contribution in [0.3, 0.4) is 0 Å². The number of likely N-dealkylation sites (N-methyl/N-ethyl adjacent to an activating group) is 1. The number of nitrogens with one attached hydrogen (secondary N) is 1. The van der Waals surface area contributed by atoms with Crippen molar-refractivity contribution in [3.8, 4) is 0 Å². The molecule has 0 aliphatic carbocycles. The van der Waals surface area contributed by atoms with Gasteiger partial charge in [-0.05, 0) is 41.2 Å². The van der Waals surface area contributed by atoms with Gasteiger partial charge in [-0.3, -0.25) is 9.80 Å². The van der Waals surface area contributed by atoms with Crippen molar-refractivity contribution in [3.05, 3.63) is 0 Å². The molecule has 0 aromatic rings. The Labute approximate surface area is 113 Å². The molecule has 108 valence electrons. The lowest BCUT2D eigenvalue weighted by Gasteiger charge is -2.28. The first-order valence-corrected chi connectivity index (χ1v) is 7.03. The molecule has 1 aliphatic rings. The average molecular weight is 257 g/mol. The first kappa shape index (κ1) is 15.9. The Morgan fingerprint density at radius 3 is 2.33 bits per heavy atom. The van der Waals surface area contributed by atoms with Crippen LogP contribution in [-0.2, 0) is 0 Å². The molecule has 0 unspecified atom stereocenters. The fourth-order valence-electron chi connectivity index (χ4n) is 2.16. The molecule has 0 aromatic carbocycles. The first-order valence-electron chi connectivity index (χ1n) is 7.03. The van der Waals surface area contributed by atoms with E-state index in [-0.39, 0.29) is 0 Å². The summed E-state index contributed by atoms with van der Waals surface area (Å²) in [6.07, 6.45) is 1.25. The monoisotopic (exact) mass is 257 g/mol. The Bertz CT molecular complexity index is 208. The minimum Gasteiger partial charge on any atom is -0.309 e. The summed E-state index contributed by atoms with van der Waals surface area (Å²) >= 11 is 0. The van der Waals surface area contributed by atoms with Crippen LogP contribution >= 0.6 is 0 Å². The minimum atomic E-state index is 1.03. The minimum absolute atomic E-state index is 1.03. The largest absolute Gasteiger partial charge is 0.309 e. The lowest BCUT2D eigenvalue weighted by molar-refractivity contribution is 0.140. The van der Waals surface area contributed by atoms with Gasteiger partial charge >= 0.3 is 0 Å². The van der Waals surface area contributed by atoms with Crippen molar-refractivity contribution in [2.75, 3.05) is 80.8 Å². The number of hydrogen-bond donors (Lipinski definition) is 1. The Balaban J connectivity index is 2.25. The van der Waals surface area contributed by atoms with E-state index in [4.69, 9.17) is 0 Å². The topological polar surface area (TPSA) is 25.0 Å². The van der Waals surface area contributed by atoms with Gasteiger partial charge in [-0.15, -0.1) is 0 Å². The highest BCUT2D eigenvalue weighted by Crippen LogP contribution is 1.99. The van der Waals surface area contributed by atoms with E-state index in [1.165, 1.54) is 26.1 Å². The van der Waals surface area contributed by atoms with E-state index in [9.17, 15) is 0 Å². The van der Waals surface area contributed by atoms with E-state index in [1.54, 1.807) is 0 Å². The SMILES string of the molecule is CN(C)CCCN1CNCCN(CCN(C)C)C1. The zero-order valence-electron chi connectivity index (χ0n) is 12.7. The normalized spacial score (nSPS) is 19.7. The van der Waals surface area contributed by atoms with Crippen molar-refractivity contribution in [2.45, 2.75) is 6.42 Å². The fourth-order valence-corrected chi connectivity index (χ4v) is 2.16. The number of nitrogens with zero attached hydrogens (tertiary/aromatic N) is 4.